The van der Waals surface area contributed by atoms with Crippen molar-refractivity contribution in [3.8, 4) is 0 Å². The lowest BCUT2D eigenvalue weighted by Crippen LogP contribution is -2.42. The molecule has 0 saturated carbocycles. The van der Waals surface area contributed by atoms with Gasteiger partial charge < -0.3 is 15.0 Å². The number of morpholine rings is 1. The Balaban J connectivity index is 2.07. The van der Waals surface area contributed by atoms with Crippen LogP contribution >= 0.6 is 0 Å². The summed E-state index contributed by atoms with van der Waals surface area (Å²) < 4.78 is 5.09. The molecule has 1 atom stereocenters. The molecule has 1 aliphatic heterocycles. The molecule has 0 spiro atoms. The smallest absolute Gasteiger partial charge is 0.248 e. The van der Waals surface area contributed by atoms with Gasteiger partial charge in [0.15, 0.2) is 0 Å². The van der Waals surface area contributed by atoms with Crippen molar-refractivity contribution in [3.63, 3.8) is 0 Å². The van der Waals surface area contributed by atoms with Gasteiger partial charge in [-0.05, 0) is 32.7 Å². The molecule has 1 heterocycles. The summed E-state index contributed by atoms with van der Waals surface area (Å²) in [5, 5.41) is 3.45. The average molecular weight is 228 g/mol. The summed E-state index contributed by atoms with van der Waals surface area (Å²) in [7, 11) is 0. The molecule has 1 aliphatic rings. The molecule has 0 bridgehead atoms. The first-order chi connectivity index (χ1) is 7.74. The normalized spacial score (nSPS) is 18.9. The highest BCUT2D eigenvalue weighted by molar-refractivity contribution is 5.77. The third-order valence-electron chi connectivity index (χ3n) is 2.89. The number of hydrogen-bond donors (Lipinski definition) is 1. The zero-order valence-electron chi connectivity index (χ0n) is 10.5. The van der Waals surface area contributed by atoms with Gasteiger partial charge in [-0.25, -0.2) is 0 Å². The van der Waals surface area contributed by atoms with Crippen LogP contribution in [0.25, 0.3) is 0 Å². The predicted molar refractivity (Wildman–Crippen MR) is 64.4 cm³/mol. The lowest BCUT2D eigenvalue weighted by molar-refractivity contribution is -0.142. The highest BCUT2D eigenvalue weighted by atomic mass is 16.5. The van der Waals surface area contributed by atoms with Gasteiger partial charge in [0.2, 0.25) is 5.91 Å². The van der Waals surface area contributed by atoms with Crippen LogP contribution in [0.1, 0.15) is 33.1 Å². The number of nitrogens with one attached hydrogen (secondary N) is 1. The standard InChI is InChI=1S/C12H24N2O2/c1-3-6-13-11(2)5-4-7-14-8-9-16-10-12(14)15/h11,13H,3-10H2,1-2H3. The number of rotatable bonds is 7. The minimum absolute atomic E-state index is 0.139. The molecule has 0 aromatic rings. The summed E-state index contributed by atoms with van der Waals surface area (Å²) in [6, 6.07) is 0.552. The predicted octanol–water partition coefficient (Wildman–Crippen LogP) is 1.01. The Labute approximate surface area is 98.3 Å². The van der Waals surface area contributed by atoms with Crippen molar-refractivity contribution in [1.82, 2.24) is 10.2 Å². The second-order valence-corrected chi connectivity index (χ2v) is 4.43. The van der Waals surface area contributed by atoms with Crippen molar-refractivity contribution >= 4 is 5.91 Å². The fraction of sp³-hybridized carbons (Fsp3) is 0.917. The fourth-order valence-corrected chi connectivity index (χ4v) is 1.87. The van der Waals surface area contributed by atoms with Crippen molar-refractivity contribution in [1.29, 1.82) is 0 Å². The molecule has 4 heteroatoms. The largest absolute Gasteiger partial charge is 0.370 e. The maximum absolute atomic E-state index is 11.4. The molecular weight excluding hydrogens is 204 g/mol. The van der Waals surface area contributed by atoms with Crippen LogP contribution in [0.15, 0.2) is 0 Å². The van der Waals surface area contributed by atoms with Gasteiger partial charge in [0.05, 0.1) is 6.61 Å². The summed E-state index contributed by atoms with van der Waals surface area (Å²) >= 11 is 0. The van der Waals surface area contributed by atoms with E-state index in [1.54, 1.807) is 0 Å². The van der Waals surface area contributed by atoms with E-state index in [9.17, 15) is 4.79 Å². The number of nitrogens with zero attached hydrogens (tertiary/aromatic N) is 1. The first kappa shape index (κ1) is 13.5. The molecule has 0 aromatic carbocycles. The Kier molecular flexibility index (Phi) is 6.42. The Morgan fingerprint density at radius 1 is 1.56 bits per heavy atom. The van der Waals surface area contributed by atoms with Crippen molar-refractivity contribution in [2.75, 3.05) is 32.8 Å². The summed E-state index contributed by atoms with van der Waals surface area (Å²) in [4.78, 5) is 13.3. The zero-order valence-corrected chi connectivity index (χ0v) is 10.5. The molecule has 4 nitrogen and oxygen atoms in total. The first-order valence-electron chi connectivity index (χ1n) is 6.33. The maximum atomic E-state index is 11.4. The van der Waals surface area contributed by atoms with Crippen molar-refractivity contribution < 1.29 is 9.53 Å². The Morgan fingerprint density at radius 3 is 3.06 bits per heavy atom. The van der Waals surface area contributed by atoms with Crippen LogP contribution in [0.3, 0.4) is 0 Å². The monoisotopic (exact) mass is 228 g/mol. The summed E-state index contributed by atoms with van der Waals surface area (Å²) in [5.74, 6) is 0.139. The second kappa shape index (κ2) is 7.63. The third kappa shape index (κ3) is 4.94. The highest BCUT2D eigenvalue weighted by Crippen LogP contribution is 2.03. The summed E-state index contributed by atoms with van der Waals surface area (Å²) in [6.45, 7) is 8.05. The van der Waals surface area contributed by atoms with E-state index in [0.717, 1.165) is 32.5 Å². The highest BCUT2D eigenvalue weighted by Gasteiger charge is 2.17. The van der Waals surface area contributed by atoms with Crippen molar-refractivity contribution in [2.24, 2.45) is 0 Å². The summed E-state index contributed by atoms with van der Waals surface area (Å²) in [5.41, 5.74) is 0. The number of ether oxygens (including phenoxy) is 1. The van der Waals surface area contributed by atoms with Crippen LogP contribution in [0.2, 0.25) is 0 Å². The molecule has 1 fully saturated rings. The Morgan fingerprint density at radius 2 is 2.38 bits per heavy atom. The zero-order chi connectivity index (χ0) is 11.8. The van der Waals surface area contributed by atoms with Gasteiger partial charge in [-0.2, -0.15) is 0 Å². The first-order valence-corrected chi connectivity index (χ1v) is 6.33. The molecule has 1 unspecified atom stereocenters. The van der Waals surface area contributed by atoms with Gasteiger partial charge >= 0.3 is 0 Å². The van der Waals surface area contributed by atoms with Gasteiger partial charge in [-0.3, -0.25) is 4.79 Å². The molecule has 0 aliphatic carbocycles. The van der Waals surface area contributed by atoms with Crippen molar-refractivity contribution in [3.05, 3.63) is 0 Å². The van der Waals surface area contributed by atoms with E-state index in [4.69, 9.17) is 4.74 Å². The van der Waals surface area contributed by atoms with Gasteiger partial charge in [0.25, 0.3) is 0 Å². The molecule has 1 amide bonds. The topological polar surface area (TPSA) is 41.6 Å². The van der Waals surface area contributed by atoms with E-state index in [1.165, 1.54) is 6.42 Å². The van der Waals surface area contributed by atoms with E-state index < -0.39 is 0 Å². The lowest BCUT2D eigenvalue weighted by Gasteiger charge is -2.27. The minimum Gasteiger partial charge on any atom is -0.370 e. The molecule has 1 N–H and O–H groups in total. The molecule has 1 rings (SSSR count). The van der Waals surface area contributed by atoms with E-state index in [-0.39, 0.29) is 12.5 Å². The SMILES string of the molecule is CCCNC(C)CCCN1CCOCC1=O. The van der Waals surface area contributed by atoms with Gasteiger partial charge in [0, 0.05) is 19.1 Å². The van der Waals surface area contributed by atoms with Crippen LogP contribution < -0.4 is 5.32 Å². The van der Waals surface area contributed by atoms with E-state index in [0.29, 0.717) is 12.6 Å². The lowest BCUT2D eigenvalue weighted by atomic mass is 10.1. The molecule has 1 saturated heterocycles. The Hall–Kier alpha value is -0.610. The van der Waals surface area contributed by atoms with Crippen LogP contribution in [-0.4, -0.2) is 49.7 Å². The second-order valence-electron chi connectivity index (χ2n) is 4.43. The third-order valence-corrected chi connectivity index (χ3v) is 2.89. The van der Waals surface area contributed by atoms with Crippen LogP contribution in [0, 0.1) is 0 Å². The van der Waals surface area contributed by atoms with Crippen LogP contribution in [-0.2, 0) is 9.53 Å². The molecule has 94 valence electrons. The van der Waals surface area contributed by atoms with Gasteiger partial charge in [-0.1, -0.05) is 6.92 Å². The molecule has 16 heavy (non-hydrogen) atoms. The molecule has 0 radical (unpaired) electrons. The Bertz CT molecular complexity index is 209. The van der Waals surface area contributed by atoms with E-state index in [2.05, 4.69) is 19.2 Å². The average Bonchev–Trinajstić information content (AvgIpc) is 2.29. The number of carbonyl (C=O) groups excluding carboxylic acids is 1. The van der Waals surface area contributed by atoms with E-state index >= 15 is 0 Å². The van der Waals surface area contributed by atoms with Crippen molar-refractivity contribution in [2.45, 2.75) is 39.2 Å². The fourth-order valence-electron chi connectivity index (χ4n) is 1.87. The van der Waals surface area contributed by atoms with Crippen LogP contribution in [0.4, 0.5) is 0 Å². The number of carbonyl (C=O) groups is 1. The number of hydrogen-bond acceptors (Lipinski definition) is 3. The van der Waals surface area contributed by atoms with Gasteiger partial charge in [-0.15, -0.1) is 0 Å². The summed E-state index contributed by atoms with van der Waals surface area (Å²) in [6.07, 6.45) is 3.38. The maximum Gasteiger partial charge on any atom is 0.248 e. The molecular formula is C12H24N2O2. The van der Waals surface area contributed by atoms with Crippen LogP contribution in [0.5, 0.6) is 0 Å². The van der Waals surface area contributed by atoms with E-state index in [1.807, 2.05) is 4.90 Å². The minimum atomic E-state index is 0.139. The number of amides is 1. The molecule has 0 aromatic heterocycles. The quantitative estimate of drug-likeness (QED) is 0.707. The van der Waals surface area contributed by atoms with Gasteiger partial charge in [0.1, 0.15) is 6.61 Å².